The van der Waals surface area contributed by atoms with Crippen LogP contribution in [0.5, 0.6) is 0 Å². The lowest BCUT2D eigenvalue weighted by Gasteiger charge is -2.12. The Kier molecular flexibility index (Phi) is 5.51. The van der Waals surface area contributed by atoms with Crippen LogP contribution in [0.2, 0.25) is 0 Å². The number of carbonyl (C=O) groups is 1. The highest BCUT2D eigenvalue weighted by atomic mass is 16.3. The van der Waals surface area contributed by atoms with E-state index in [2.05, 4.69) is 10.4 Å². The molecule has 1 rings (SSSR count). The van der Waals surface area contributed by atoms with E-state index in [1.807, 2.05) is 6.92 Å². The van der Waals surface area contributed by atoms with Gasteiger partial charge in [-0.1, -0.05) is 6.92 Å². The highest BCUT2D eigenvalue weighted by Crippen LogP contribution is 1.95. The Bertz CT molecular complexity index is 456. The summed E-state index contributed by atoms with van der Waals surface area (Å²) in [6.07, 6.45) is 1.26. The average Bonchev–Trinajstić information content (AvgIpc) is 2.32. The number of amides is 1. The van der Waals surface area contributed by atoms with E-state index in [0.29, 0.717) is 13.0 Å². The van der Waals surface area contributed by atoms with Gasteiger partial charge < -0.3 is 10.4 Å². The van der Waals surface area contributed by atoms with Crippen molar-refractivity contribution in [2.45, 2.75) is 39.3 Å². The standard InChI is InChI=1S/C12H19N3O3/c1-3-7-15-11(17)5-4-10(14-15)12(18)13-9(2)6-8-16/h4-5,9,16H,3,6-8H2,1-2H3,(H,13,18). The quantitative estimate of drug-likeness (QED) is 0.756. The van der Waals surface area contributed by atoms with Crippen molar-refractivity contribution < 1.29 is 9.90 Å². The van der Waals surface area contributed by atoms with Crippen LogP contribution in [0.3, 0.4) is 0 Å². The van der Waals surface area contributed by atoms with Gasteiger partial charge in [0.25, 0.3) is 11.5 Å². The number of aryl methyl sites for hydroxylation is 1. The SMILES string of the molecule is CCCn1nc(C(=O)NC(C)CCO)ccc1=O. The van der Waals surface area contributed by atoms with Crippen LogP contribution in [0.1, 0.15) is 37.2 Å². The number of nitrogens with zero attached hydrogens (tertiary/aromatic N) is 2. The molecule has 0 saturated heterocycles. The summed E-state index contributed by atoms with van der Waals surface area (Å²) in [5.41, 5.74) is 0.00430. The molecule has 6 heteroatoms. The molecule has 1 aromatic heterocycles. The van der Waals surface area contributed by atoms with Gasteiger partial charge in [0.05, 0.1) is 0 Å². The van der Waals surface area contributed by atoms with Gasteiger partial charge in [-0.2, -0.15) is 5.10 Å². The molecule has 1 atom stereocenters. The van der Waals surface area contributed by atoms with Gasteiger partial charge in [0.15, 0.2) is 0 Å². The molecule has 0 aliphatic heterocycles. The van der Waals surface area contributed by atoms with Crippen LogP contribution in [0, 0.1) is 0 Å². The molecule has 1 unspecified atom stereocenters. The maximum Gasteiger partial charge on any atom is 0.271 e. The van der Waals surface area contributed by atoms with Crippen molar-refractivity contribution in [2.24, 2.45) is 0 Å². The molecular weight excluding hydrogens is 234 g/mol. The van der Waals surface area contributed by atoms with Crippen molar-refractivity contribution >= 4 is 5.91 Å². The van der Waals surface area contributed by atoms with Gasteiger partial charge in [0, 0.05) is 25.3 Å². The Morgan fingerprint density at radius 3 is 2.89 bits per heavy atom. The van der Waals surface area contributed by atoms with Crippen molar-refractivity contribution in [2.75, 3.05) is 6.61 Å². The smallest absolute Gasteiger partial charge is 0.271 e. The number of nitrogens with one attached hydrogen (secondary N) is 1. The number of rotatable bonds is 6. The molecular formula is C12H19N3O3. The second kappa shape index (κ2) is 6.90. The number of aliphatic hydroxyl groups is 1. The van der Waals surface area contributed by atoms with Gasteiger partial charge in [-0.05, 0) is 25.8 Å². The molecule has 0 aliphatic rings. The zero-order valence-corrected chi connectivity index (χ0v) is 10.7. The second-order valence-corrected chi connectivity index (χ2v) is 4.17. The van der Waals surface area contributed by atoms with E-state index in [-0.39, 0.29) is 29.8 Å². The molecule has 1 heterocycles. The van der Waals surface area contributed by atoms with Gasteiger partial charge in [-0.15, -0.1) is 0 Å². The zero-order chi connectivity index (χ0) is 13.5. The summed E-state index contributed by atoms with van der Waals surface area (Å²) in [6.45, 7) is 4.25. The van der Waals surface area contributed by atoms with Crippen LogP contribution in [-0.2, 0) is 6.54 Å². The highest BCUT2D eigenvalue weighted by molar-refractivity contribution is 5.92. The monoisotopic (exact) mass is 253 g/mol. The Labute approximate surface area is 106 Å². The van der Waals surface area contributed by atoms with E-state index in [0.717, 1.165) is 6.42 Å². The van der Waals surface area contributed by atoms with Gasteiger partial charge in [-0.3, -0.25) is 9.59 Å². The first-order valence-corrected chi connectivity index (χ1v) is 6.08. The van der Waals surface area contributed by atoms with E-state index in [9.17, 15) is 9.59 Å². The lowest BCUT2D eigenvalue weighted by molar-refractivity contribution is 0.0926. The molecule has 0 aliphatic carbocycles. The van der Waals surface area contributed by atoms with Gasteiger partial charge in [-0.25, -0.2) is 4.68 Å². The molecule has 0 saturated carbocycles. The van der Waals surface area contributed by atoms with Crippen LogP contribution in [0.15, 0.2) is 16.9 Å². The minimum Gasteiger partial charge on any atom is -0.396 e. The van der Waals surface area contributed by atoms with Gasteiger partial charge >= 0.3 is 0 Å². The molecule has 0 bridgehead atoms. The fourth-order valence-corrected chi connectivity index (χ4v) is 1.51. The number of carbonyl (C=O) groups excluding carboxylic acids is 1. The molecule has 0 fully saturated rings. The van der Waals surface area contributed by atoms with Crippen molar-refractivity contribution in [1.82, 2.24) is 15.1 Å². The first-order valence-electron chi connectivity index (χ1n) is 6.08. The van der Waals surface area contributed by atoms with E-state index >= 15 is 0 Å². The third-order valence-corrected chi connectivity index (χ3v) is 2.47. The predicted molar refractivity (Wildman–Crippen MR) is 67.4 cm³/mol. The maximum absolute atomic E-state index is 11.8. The molecule has 0 radical (unpaired) electrons. The Hall–Kier alpha value is -1.69. The third-order valence-electron chi connectivity index (χ3n) is 2.47. The van der Waals surface area contributed by atoms with E-state index in [4.69, 9.17) is 5.11 Å². The first-order chi connectivity index (χ1) is 8.58. The molecule has 2 N–H and O–H groups in total. The number of aromatic nitrogens is 2. The minimum absolute atomic E-state index is 0.0181. The third kappa shape index (κ3) is 3.96. The second-order valence-electron chi connectivity index (χ2n) is 4.17. The number of aliphatic hydroxyl groups excluding tert-OH is 1. The van der Waals surface area contributed by atoms with Crippen molar-refractivity contribution in [1.29, 1.82) is 0 Å². The zero-order valence-electron chi connectivity index (χ0n) is 10.7. The fraction of sp³-hybridized carbons (Fsp3) is 0.583. The van der Waals surface area contributed by atoms with Crippen LogP contribution in [-0.4, -0.2) is 33.4 Å². The summed E-state index contributed by atoms with van der Waals surface area (Å²) in [6, 6.07) is 2.62. The number of hydrogen-bond donors (Lipinski definition) is 2. The summed E-state index contributed by atoms with van der Waals surface area (Å²) in [7, 11) is 0. The lowest BCUT2D eigenvalue weighted by Crippen LogP contribution is -2.35. The molecule has 100 valence electrons. The van der Waals surface area contributed by atoms with Crippen molar-refractivity contribution in [3.63, 3.8) is 0 Å². The molecule has 0 aromatic carbocycles. The van der Waals surface area contributed by atoms with Crippen LogP contribution < -0.4 is 10.9 Å². The maximum atomic E-state index is 11.8. The van der Waals surface area contributed by atoms with Gasteiger partial charge in [0.2, 0.25) is 0 Å². The van der Waals surface area contributed by atoms with Crippen molar-refractivity contribution in [3.8, 4) is 0 Å². The van der Waals surface area contributed by atoms with Gasteiger partial charge in [0.1, 0.15) is 5.69 Å². The minimum atomic E-state index is -0.333. The molecule has 0 spiro atoms. The normalized spacial score (nSPS) is 12.2. The topological polar surface area (TPSA) is 84.2 Å². The average molecular weight is 253 g/mol. The van der Waals surface area contributed by atoms with E-state index in [1.165, 1.54) is 16.8 Å². The van der Waals surface area contributed by atoms with Crippen LogP contribution in [0.25, 0.3) is 0 Å². The Morgan fingerprint density at radius 2 is 2.28 bits per heavy atom. The molecule has 18 heavy (non-hydrogen) atoms. The summed E-state index contributed by atoms with van der Waals surface area (Å²) in [5.74, 6) is -0.333. The highest BCUT2D eigenvalue weighted by Gasteiger charge is 2.12. The van der Waals surface area contributed by atoms with E-state index in [1.54, 1.807) is 6.92 Å². The predicted octanol–water partition coefficient (Wildman–Crippen LogP) is 0.154. The van der Waals surface area contributed by atoms with Crippen LogP contribution >= 0.6 is 0 Å². The Morgan fingerprint density at radius 1 is 1.56 bits per heavy atom. The van der Waals surface area contributed by atoms with Crippen molar-refractivity contribution in [3.05, 3.63) is 28.2 Å². The summed E-state index contributed by atoms with van der Waals surface area (Å²) >= 11 is 0. The summed E-state index contributed by atoms with van der Waals surface area (Å²) < 4.78 is 1.28. The number of hydrogen-bond acceptors (Lipinski definition) is 4. The largest absolute Gasteiger partial charge is 0.396 e. The molecule has 1 amide bonds. The van der Waals surface area contributed by atoms with E-state index < -0.39 is 0 Å². The Balaban J connectivity index is 2.80. The fourth-order valence-electron chi connectivity index (χ4n) is 1.51. The lowest BCUT2D eigenvalue weighted by atomic mass is 10.2. The molecule has 1 aromatic rings. The van der Waals surface area contributed by atoms with Crippen LogP contribution in [0.4, 0.5) is 0 Å². The summed E-state index contributed by atoms with van der Waals surface area (Å²) in [5, 5.41) is 15.5. The molecule has 6 nitrogen and oxygen atoms in total. The summed E-state index contributed by atoms with van der Waals surface area (Å²) in [4.78, 5) is 23.3. The first kappa shape index (κ1) is 14.4.